The first-order valence-corrected chi connectivity index (χ1v) is 8.08. The van der Waals surface area contributed by atoms with Crippen LogP contribution >= 0.6 is 11.3 Å². The molecule has 2 heterocycles. The van der Waals surface area contributed by atoms with Crippen molar-refractivity contribution in [1.82, 2.24) is 4.90 Å². The van der Waals surface area contributed by atoms with Crippen molar-refractivity contribution in [2.24, 2.45) is 0 Å². The van der Waals surface area contributed by atoms with Gasteiger partial charge in [-0.15, -0.1) is 11.3 Å². The Morgan fingerprint density at radius 2 is 2.27 bits per heavy atom. The molecule has 6 heteroatoms. The second-order valence-electron chi connectivity index (χ2n) is 5.49. The number of nitrogens with two attached hydrogens (primary N) is 1. The lowest BCUT2D eigenvalue weighted by Crippen LogP contribution is -2.44. The van der Waals surface area contributed by atoms with Gasteiger partial charge in [-0.2, -0.15) is 0 Å². The number of nitrogens with zero attached hydrogens (tertiary/aromatic N) is 1. The van der Waals surface area contributed by atoms with Crippen LogP contribution in [0.3, 0.4) is 0 Å². The number of hydrogen-bond donors (Lipinski definition) is 2. The molecule has 3 N–H and O–H groups in total. The van der Waals surface area contributed by atoms with Crippen LogP contribution < -0.4 is 11.1 Å². The minimum atomic E-state index is -0.480. The van der Waals surface area contributed by atoms with E-state index in [1.54, 1.807) is 11.3 Å². The molecule has 1 aliphatic rings. The summed E-state index contributed by atoms with van der Waals surface area (Å²) in [5, 5.41) is 4.90. The highest BCUT2D eigenvalue weighted by Crippen LogP contribution is 2.25. The van der Waals surface area contributed by atoms with Crippen LogP contribution in [0.4, 0.5) is 15.8 Å². The maximum absolute atomic E-state index is 13.2. The fourth-order valence-electron chi connectivity index (χ4n) is 2.63. The Hall–Kier alpha value is -1.92. The fraction of sp³-hybridized carbons (Fsp3) is 0.312. The zero-order valence-electron chi connectivity index (χ0n) is 12.3. The van der Waals surface area contributed by atoms with Gasteiger partial charge in [0.25, 0.3) is 0 Å². The zero-order chi connectivity index (χ0) is 15.7. The van der Waals surface area contributed by atoms with Gasteiger partial charge in [0.2, 0.25) is 5.91 Å². The minimum absolute atomic E-state index is 0.0336. The summed E-state index contributed by atoms with van der Waals surface area (Å²) >= 11 is 1.78. The normalized spacial score (nSPS) is 16.1. The van der Waals surface area contributed by atoms with Gasteiger partial charge in [-0.05, 0) is 48.6 Å². The van der Waals surface area contributed by atoms with Crippen LogP contribution in [-0.2, 0) is 17.8 Å². The Balaban J connectivity index is 1.66. The molecule has 0 saturated heterocycles. The van der Waals surface area contributed by atoms with E-state index in [4.69, 9.17) is 5.73 Å². The maximum atomic E-state index is 13.2. The number of nitrogens with one attached hydrogen (secondary N) is 1. The first-order valence-electron chi connectivity index (χ1n) is 7.20. The number of hydrogen-bond acceptors (Lipinski definition) is 4. The molecule has 1 aromatic carbocycles. The van der Waals surface area contributed by atoms with Crippen molar-refractivity contribution in [2.75, 3.05) is 17.6 Å². The lowest BCUT2D eigenvalue weighted by Gasteiger charge is -2.31. The summed E-state index contributed by atoms with van der Waals surface area (Å²) < 4.78 is 13.2. The van der Waals surface area contributed by atoms with Crippen molar-refractivity contribution in [3.05, 3.63) is 45.9 Å². The summed E-state index contributed by atoms with van der Waals surface area (Å²) in [6, 6.07) is 6.08. The molecule has 1 unspecified atom stereocenters. The van der Waals surface area contributed by atoms with Crippen LogP contribution in [-0.4, -0.2) is 23.4 Å². The average molecular weight is 319 g/mol. The molecule has 4 nitrogen and oxygen atoms in total. The summed E-state index contributed by atoms with van der Waals surface area (Å²) in [5.74, 6) is -0.586. The SMILES string of the molecule is CC(C(=O)Nc1ccc(F)c(N)c1)N1CCc2sccc2C1. The smallest absolute Gasteiger partial charge is 0.241 e. The number of carbonyl (C=O) groups excluding carboxylic acids is 1. The average Bonchev–Trinajstić information content (AvgIpc) is 2.97. The molecule has 0 spiro atoms. The second kappa shape index (κ2) is 6.06. The molecular weight excluding hydrogens is 301 g/mol. The standard InChI is InChI=1S/C16H18FN3OS/c1-10(20-6-4-15-11(9-20)5-7-22-15)16(21)19-12-2-3-13(17)14(18)8-12/h2-3,5,7-8,10H,4,6,9,18H2,1H3,(H,19,21). The van der Waals surface area contributed by atoms with Gasteiger partial charge in [0.1, 0.15) is 5.82 Å². The van der Waals surface area contributed by atoms with Crippen molar-refractivity contribution in [2.45, 2.75) is 25.9 Å². The lowest BCUT2D eigenvalue weighted by molar-refractivity contribution is -0.121. The second-order valence-corrected chi connectivity index (χ2v) is 6.49. The summed E-state index contributed by atoms with van der Waals surface area (Å²) in [6.45, 7) is 3.55. The van der Waals surface area contributed by atoms with Gasteiger partial charge in [-0.25, -0.2) is 4.39 Å². The molecule has 2 aromatic rings. The Morgan fingerprint density at radius 3 is 3.05 bits per heavy atom. The van der Waals surface area contributed by atoms with Gasteiger partial charge < -0.3 is 11.1 Å². The number of rotatable bonds is 3. The molecule has 0 saturated carbocycles. The van der Waals surface area contributed by atoms with E-state index in [1.165, 1.54) is 28.6 Å². The van der Waals surface area contributed by atoms with E-state index in [-0.39, 0.29) is 17.6 Å². The molecule has 0 aliphatic carbocycles. The molecule has 1 aromatic heterocycles. The number of nitrogen functional groups attached to an aromatic ring is 1. The molecule has 3 rings (SSSR count). The topological polar surface area (TPSA) is 58.4 Å². The lowest BCUT2D eigenvalue weighted by atomic mass is 10.1. The van der Waals surface area contributed by atoms with E-state index in [2.05, 4.69) is 21.7 Å². The summed E-state index contributed by atoms with van der Waals surface area (Å²) in [6.07, 6.45) is 0.980. The minimum Gasteiger partial charge on any atom is -0.396 e. The third-order valence-electron chi connectivity index (χ3n) is 4.03. The van der Waals surface area contributed by atoms with Gasteiger partial charge in [0.05, 0.1) is 11.7 Å². The number of halogens is 1. The molecule has 0 bridgehead atoms. The molecule has 1 amide bonds. The third kappa shape index (κ3) is 2.98. The predicted octanol–water partition coefficient (Wildman–Crippen LogP) is 2.85. The van der Waals surface area contributed by atoms with Gasteiger partial charge >= 0.3 is 0 Å². The van der Waals surface area contributed by atoms with E-state index >= 15 is 0 Å². The number of amides is 1. The van der Waals surface area contributed by atoms with Crippen molar-refractivity contribution in [3.8, 4) is 0 Å². The number of benzene rings is 1. The third-order valence-corrected chi connectivity index (χ3v) is 5.05. The van der Waals surface area contributed by atoms with Gasteiger partial charge in [0, 0.05) is 23.7 Å². The van der Waals surface area contributed by atoms with Gasteiger partial charge in [-0.3, -0.25) is 9.69 Å². The van der Waals surface area contributed by atoms with Crippen molar-refractivity contribution in [3.63, 3.8) is 0 Å². The summed E-state index contributed by atoms with van der Waals surface area (Å²) in [5.41, 5.74) is 7.38. The van der Waals surface area contributed by atoms with E-state index < -0.39 is 5.82 Å². The Morgan fingerprint density at radius 1 is 1.45 bits per heavy atom. The molecule has 116 valence electrons. The van der Waals surface area contributed by atoms with Crippen LogP contribution in [0.15, 0.2) is 29.6 Å². The first-order chi connectivity index (χ1) is 10.5. The van der Waals surface area contributed by atoms with E-state index in [0.29, 0.717) is 5.69 Å². The predicted molar refractivity (Wildman–Crippen MR) is 87.3 cm³/mol. The van der Waals surface area contributed by atoms with E-state index in [0.717, 1.165) is 19.5 Å². The highest BCUT2D eigenvalue weighted by molar-refractivity contribution is 7.10. The fourth-order valence-corrected chi connectivity index (χ4v) is 3.52. The van der Waals surface area contributed by atoms with Crippen molar-refractivity contribution >= 4 is 28.6 Å². The van der Waals surface area contributed by atoms with Crippen molar-refractivity contribution < 1.29 is 9.18 Å². The zero-order valence-corrected chi connectivity index (χ0v) is 13.1. The molecule has 0 radical (unpaired) electrons. The number of carbonyl (C=O) groups is 1. The molecular formula is C16H18FN3OS. The van der Waals surface area contributed by atoms with E-state index in [1.807, 2.05) is 6.92 Å². The largest absolute Gasteiger partial charge is 0.396 e. The molecule has 1 aliphatic heterocycles. The molecule has 0 fully saturated rings. The van der Waals surface area contributed by atoms with Gasteiger partial charge in [0.15, 0.2) is 0 Å². The Bertz CT molecular complexity index is 700. The number of anilines is 2. The first kappa shape index (κ1) is 15.0. The number of thiophene rings is 1. The monoisotopic (exact) mass is 319 g/mol. The summed E-state index contributed by atoms with van der Waals surface area (Å²) in [4.78, 5) is 15.9. The van der Waals surface area contributed by atoms with Crippen LogP contribution in [0, 0.1) is 5.82 Å². The molecule has 1 atom stereocenters. The Labute approximate surface area is 132 Å². The summed E-state index contributed by atoms with van der Waals surface area (Å²) in [7, 11) is 0. The quantitative estimate of drug-likeness (QED) is 0.855. The van der Waals surface area contributed by atoms with Crippen LogP contribution in [0.2, 0.25) is 0 Å². The van der Waals surface area contributed by atoms with Crippen molar-refractivity contribution in [1.29, 1.82) is 0 Å². The van der Waals surface area contributed by atoms with Crippen LogP contribution in [0.5, 0.6) is 0 Å². The highest BCUT2D eigenvalue weighted by atomic mass is 32.1. The molecule has 22 heavy (non-hydrogen) atoms. The maximum Gasteiger partial charge on any atom is 0.241 e. The highest BCUT2D eigenvalue weighted by Gasteiger charge is 2.25. The Kier molecular flexibility index (Phi) is 4.13. The number of fused-ring (bicyclic) bond motifs is 1. The van der Waals surface area contributed by atoms with Gasteiger partial charge in [-0.1, -0.05) is 0 Å². The van der Waals surface area contributed by atoms with E-state index in [9.17, 15) is 9.18 Å². The van der Waals surface area contributed by atoms with Crippen LogP contribution in [0.1, 0.15) is 17.4 Å². The van der Waals surface area contributed by atoms with Crippen LogP contribution in [0.25, 0.3) is 0 Å².